The minimum absolute atomic E-state index is 0.0369. The van der Waals surface area contributed by atoms with Crippen LogP contribution in [0.3, 0.4) is 0 Å². The lowest BCUT2D eigenvalue weighted by Crippen LogP contribution is -2.67. The molecule has 3 aliphatic rings. The van der Waals surface area contributed by atoms with E-state index in [-0.39, 0.29) is 23.9 Å². The lowest BCUT2D eigenvalue weighted by molar-refractivity contribution is -0.149. The van der Waals surface area contributed by atoms with Crippen molar-refractivity contribution in [2.45, 2.75) is 51.6 Å². The van der Waals surface area contributed by atoms with E-state index in [2.05, 4.69) is 25.3 Å². The van der Waals surface area contributed by atoms with E-state index in [1.54, 1.807) is 0 Å². The quantitative estimate of drug-likeness (QED) is 0.877. The number of rotatable bonds is 3. The molecule has 2 bridgehead atoms. The zero-order valence-corrected chi connectivity index (χ0v) is 15.5. The van der Waals surface area contributed by atoms with Gasteiger partial charge in [-0.1, -0.05) is 0 Å². The van der Waals surface area contributed by atoms with Crippen molar-refractivity contribution in [2.24, 2.45) is 11.8 Å². The third-order valence-corrected chi connectivity index (χ3v) is 6.16. The van der Waals surface area contributed by atoms with Crippen LogP contribution in [-0.2, 0) is 9.59 Å². The van der Waals surface area contributed by atoms with Crippen LogP contribution in [0.1, 0.15) is 38.3 Å². The highest BCUT2D eigenvalue weighted by Crippen LogP contribution is 2.42. The molecule has 7 nitrogen and oxygen atoms in total. The summed E-state index contributed by atoms with van der Waals surface area (Å²) in [6, 6.07) is 4.40. The first-order valence-corrected chi connectivity index (χ1v) is 9.64. The van der Waals surface area contributed by atoms with E-state index in [9.17, 15) is 9.59 Å². The number of hydrogen-bond acceptors (Lipinski definition) is 5. The van der Waals surface area contributed by atoms with Gasteiger partial charge >= 0.3 is 0 Å². The van der Waals surface area contributed by atoms with E-state index in [0.29, 0.717) is 24.8 Å². The normalized spacial score (nSPS) is 30.8. The molecule has 4 rings (SSSR count). The van der Waals surface area contributed by atoms with E-state index < -0.39 is 0 Å². The molecule has 0 saturated carbocycles. The summed E-state index contributed by atoms with van der Waals surface area (Å²) in [5.41, 5.74) is 0.915. The van der Waals surface area contributed by atoms with Crippen molar-refractivity contribution < 1.29 is 9.59 Å². The first-order valence-electron chi connectivity index (χ1n) is 9.64. The maximum absolute atomic E-state index is 12.7. The molecule has 0 unspecified atom stereocenters. The molecule has 140 valence electrons. The molecule has 0 aromatic carbocycles. The number of aromatic nitrogens is 2. The summed E-state index contributed by atoms with van der Waals surface area (Å²) in [5, 5.41) is 11.5. The van der Waals surface area contributed by atoms with Crippen LogP contribution < -0.4 is 10.2 Å². The fourth-order valence-electron chi connectivity index (χ4n) is 5.03. The van der Waals surface area contributed by atoms with Crippen LogP contribution in [0.25, 0.3) is 0 Å². The lowest BCUT2D eigenvalue weighted by Gasteiger charge is -2.56. The summed E-state index contributed by atoms with van der Waals surface area (Å²) in [4.78, 5) is 28.6. The zero-order valence-electron chi connectivity index (χ0n) is 15.5. The van der Waals surface area contributed by atoms with Gasteiger partial charge in [0.1, 0.15) is 0 Å². The van der Waals surface area contributed by atoms with Crippen molar-refractivity contribution in [1.82, 2.24) is 20.4 Å². The standard InChI is InChI=1S/C19H27N5O2/c1-12-6-7-18(22-21-12)23-10-14-8-15(11-23)17(9-20-13(2)25)24-16(14)4-3-5-19(24)26/h6-7,14-17H,3-5,8-11H2,1-2H3,(H,20,25)/t14-,15+,16+,17+/m1/s1. The van der Waals surface area contributed by atoms with Gasteiger partial charge < -0.3 is 15.1 Å². The van der Waals surface area contributed by atoms with Gasteiger partial charge in [-0.15, -0.1) is 5.10 Å². The molecule has 2 amide bonds. The highest BCUT2D eigenvalue weighted by molar-refractivity contribution is 5.78. The van der Waals surface area contributed by atoms with Crippen LogP contribution in [0.2, 0.25) is 0 Å². The predicted octanol–water partition coefficient (Wildman–Crippen LogP) is 1.13. The summed E-state index contributed by atoms with van der Waals surface area (Å²) >= 11 is 0. The van der Waals surface area contributed by atoms with Crippen molar-refractivity contribution in [2.75, 3.05) is 24.5 Å². The molecule has 3 aliphatic heterocycles. The smallest absolute Gasteiger partial charge is 0.223 e. The Morgan fingerprint density at radius 2 is 2.08 bits per heavy atom. The molecule has 0 radical (unpaired) electrons. The number of nitrogens with one attached hydrogen (secondary N) is 1. The highest BCUT2D eigenvalue weighted by atomic mass is 16.2. The Labute approximate surface area is 154 Å². The van der Waals surface area contributed by atoms with Crippen LogP contribution >= 0.6 is 0 Å². The molecule has 7 heteroatoms. The Balaban J connectivity index is 1.60. The van der Waals surface area contributed by atoms with E-state index in [1.165, 1.54) is 6.92 Å². The summed E-state index contributed by atoms with van der Waals surface area (Å²) < 4.78 is 0. The monoisotopic (exact) mass is 357 g/mol. The molecule has 3 saturated heterocycles. The van der Waals surface area contributed by atoms with Gasteiger partial charge in [0.15, 0.2) is 5.82 Å². The van der Waals surface area contributed by atoms with E-state index in [1.807, 2.05) is 19.1 Å². The number of aryl methyl sites for hydroxylation is 1. The molecule has 0 spiro atoms. The van der Waals surface area contributed by atoms with Gasteiger partial charge in [0.2, 0.25) is 11.8 Å². The molecule has 26 heavy (non-hydrogen) atoms. The number of hydrogen-bond donors (Lipinski definition) is 1. The average molecular weight is 357 g/mol. The van der Waals surface area contributed by atoms with Gasteiger partial charge in [0.25, 0.3) is 0 Å². The molecule has 4 heterocycles. The maximum Gasteiger partial charge on any atom is 0.223 e. The van der Waals surface area contributed by atoms with Gasteiger partial charge in [-0.25, -0.2) is 0 Å². The van der Waals surface area contributed by atoms with E-state index in [0.717, 1.165) is 43.9 Å². The first-order chi connectivity index (χ1) is 12.5. The third kappa shape index (κ3) is 3.15. The zero-order chi connectivity index (χ0) is 18.3. The summed E-state index contributed by atoms with van der Waals surface area (Å²) in [7, 11) is 0. The molecule has 3 fully saturated rings. The van der Waals surface area contributed by atoms with Crippen LogP contribution in [0.5, 0.6) is 0 Å². The molecular weight excluding hydrogens is 330 g/mol. The number of nitrogens with zero attached hydrogens (tertiary/aromatic N) is 4. The highest BCUT2D eigenvalue weighted by Gasteiger charge is 2.49. The number of fused-ring (bicyclic) bond motifs is 4. The molecule has 4 atom stereocenters. The van der Waals surface area contributed by atoms with Gasteiger partial charge in [-0.3, -0.25) is 9.59 Å². The molecule has 1 aromatic rings. The average Bonchev–Trinajstić information content (AvgIpc) is 2.62. The number of piperidine rings is 3. The summed E-state index contributed by atoms with van der Waals surface area (Å²) in [6.45, 7) is 5.81. The Morgan fingerprint density at radius 3 is 2.81 bits per heavy atom. The Hall–Kier alpha value is -2.18. The maximum atomic E-state index is 12.7. The first kappa shape index (κ1) is 17.2. The second kappa shape index (κ2) is 6.85. The SMILES string of the molecule is CC(=O)NC[C@H]1[C@H]2C[C@H](CN(c3ccc(C)nn3)C2)[C@@H]2CCCC(=O)N21. The fourth-order valence-corrected chi connectivity index (χ4v) is 5.03. The topological polar surface area (TPSA) is 78.4 Å². The van der Waals surface area contributed by atoms with E-state index >= 15 is 0 Å². The number of anilines is 1. The van der Waals surface area contributed by atoms with Crippen molar-refractivity contribution in [3.05, 3.63) is 17.8 Å². The summed E-state index contributed by atoms with van der Waals surface area (Å²) in [6.07, 6.45) is 3.79. The minimum Gasteiger partial charge on any atom is -0.354 e. The Kier molecular flexibility index (Phi) is 4.54. The molecular formula is C19H27N5O2. The predicted molar refractivity (Wildman–Crippen MR) is 97.5 cm³/mol. The summed E-state index contributed by atoms with van der Waals surface area (Å²) in [5.74, 6) is 1.95. The second-order valence-corrected chi connectivity index (χ2v) is 7.96. The second-order valence-electron chi connectivity index (χ2n) is 7.96. The molecule has 1 N–H and O–H groups in total. The van der Waals surface area contributed by atoms with Crippen LogP contribution in [-0.4, -0.2) is 58.6 Å². The Bertz CT molecular complexity index is 692. The lowest BCUT2D eigenvalue weighted by atomic mass is 9.72. The molecule has 1 aromatic heterocycles. The number of carbonyl (C=O) groups excluding carboxylic acids is 2. The van der Waals surface area contributed by atoms with Gasteiger partial charge in [0, 0.05) is 39.0 Å². The fraction of sp³-hybridized carbons (Fsp3) is 0.684. The van der Waals surface area contributed by atoms with E-state index in [4.69, 9.17) is 0 Å². The van der Waals surface area contributed by atoms with Gasteiger partial charge in [-0.2, -0.15) is 5.10 Å². The largest absolute Gasteiger partial charge is 0.354 e. The van der Waals surface area contributed by atoms with Crippen LogP contribution in [0.4, 0.5) is 5.82 Å². The number of amides is 2. The van der Waals surface area contributed by atoms with Crippen LogP contribution in [0.15, 0.2) is 12.1 Å². The van der Waals surface area contributed by atoms with Crippen molar-refractivity contribution >= 4 is 17.6 Å². The van der Waals surface area contributed by atoms with Crippen molar-refractivity contribution in [3.63, 3.8) is 0 Å². The van der Waals surface area contributed by atoms with Crippen molar-refractivity contribution in [1.29, 1.82) is 0 Å². The third-order valence-electron chi connectivity index (χ3n) is 6.16. The Morgan fingerprint density at radius 1 is 1.27 bits per heavy atom. The van der Waals surface area contributed by atoms with Crippen molar-refractivity contribution in [3.8, 4) is 0 Å². The molecule has 0 aliphatic carbocycles. The van der Waals surface area contributed by atoms with Crippen LogP contribution in [0, 0.1) is 18.8 Å². The minimum atomic E-state index is -0.0369. The van der Waals surface area contributed by atoms with Gasteiger partial charge in [-0.05, 0) is 50.2 Å². The van der Waals surface area contributed by atoms with Gasteiger partial charge in [0.05, 0.1) is 11.7 Å². The number of carbonyl (C=O) groups is 2.